The molecule has 3 rings (SSSR count). The molecule has 0 spiro atoms. The second kappa shape index (κ2) is 13.5. The molecular weight excluding hydrogens is 581 g/mol. The molecule has 208 valence electrons. The lowest BCUT2D eigenvalue weighted by Gasteiger charge is -2.32. The Balaban J connectivity index is 2.04. The quantitative estimate of drug-likeness (QED) is 0.281. The van der Waals surface area contributed by atoms with Gasteiger partial charge >= 0.3 is 0 Å². The van der Waals surface area contributed by atoms with E-state index in [2.05, 4.69) is 5.32 Å². The molecule has 0 heterocycles. The summed E-state index contributed by atoms with van der Waals surface area (Å²) in [6, 6.07) is 18.0. The van der Waals surface area contributed by atoms with Crippen LogP contribution in [0.3, 0.4) is 0 Å². The highest BCUT2D eigenvalue weighted by Gasteiger charge is 2.33. The second-order valence-electron chi connectivity index (χ2n) is 9.07. The van der Waals surface area contributed by atoms with Crippen LogP contribution in [-0.4, -0.2) is 43.8 Å². The summed E-state index contributed by atoms with van der Waals surface area (Å²) >= 11 is 18.5. The van der Waals surface area contributed by atoms with Crippen LogP contribution in [-0.2, 0) is 26.2 Å². The minimum Gasteiger partial charge on any atom is -0.352 e. The van der Waals surface area contributed by atoms with E-state index < -0.39 is 28.5 Å². The number of hydrogen-bond donors (Lipinski definition) is 1. The number of sulfonamides is 1. The van der Waals surface area contributed by atoms with Gasteiger partial charge in [0.25, 0.3) is 10.0 Å². The summed E-state index contributed by atoms with van der Waals surface area (Å²) in [5.41, 5.74) is 0.840. The molecule has 2 atom stereocenters. The standard InChI is InChI=1S/C28H30Cl3N3O4S/c1-4-19(2)32-28(36)20(3)33(17-21-9-8-10-22(29)15-21)27(35)18-34(23-13-14-25(30)26(31)16-23)39(37,38)24-11-6-5-7-12-24/h5-16,19-20H,4,17-18H2,1-3H3,(H,32,36)/t19-,20-/m0/s1. The predicted octanol–water partition coefficient (Wildman–Crippen LogP) is 6.17. The minimum absolute atomic E-state index is 0.00664. The van der Waals surface area contributed by atoms with Crippen molar-refractivity contribution in [3.8, 4) is 0 Å². The Morgan fingerprint density at radius 2 is 1.59 bits per heavy atom. The fourth-order valence-electron chi connectivity index (χ4n) is 3.77. The van der Waals surface area contributed by atoms with E-state index in [9.17, 15) is 18.0 Å². The summed E-state index contributed by atoms with van der Waals surface area (Å²) in [4.78, 5) is 28.3. The van der Waals surface area contributed by atoms with Crippen molar-refractivity contribution in [3.63, 3.8) is 0 Å². The van der Waals surface area contributed by atoms with Crippen LogP contribution in [0.5, 0.6) is 0 Å². The fraction of sp³-hybridized carbons (Fsp3) is 0.286. The van der Waals surface area contributed by atoms with Gasteiger partial charge in [-0.05, 0) is 68.3 Å². The van der Waals surface area contributed by atoms with Crippen molar-refractivity contribution >= 4 is 62.3 Å². The molecule has 11 heteroatoms. The number of carbonyl (C=O) groups excluding carboxylic acids is 2. The maximum atomic E-state index is 13.9. The molecule has 0 bridgehead atoms. The summed E-state index contributed by atoms with van der Waals surface area (Å²) in [5.74, 6) is -0.945. The molecule has 0 aromatic heterocycles. The smallest absolute Gasteiger partial charge is 0.264 e. The first-order valence-corrected chi connectivity index (χ1v) is 14.9. The van der Waals surface area contributed by atoms with E-state index in [0.717, 1.165) is 4.31 Å². The third-order valence-electron chi connectivity index (χ3n) is 6.21. The van der Waals surface area contributed by atoms with Crippen molar-refractivity contribution in [1.82, 2.24) is 10.2 Å². The lowest BCUT2D eigenvalue weighted by molar-refractivity contribution is -0.139. The Kier molecular flexibility index (Phi) is 10.7. The van der Waals surface area contributed by atoms with E-state index in [1.54, 1.807) is 49.4 Å². The number of hydrogen-bond acceptors (Lipinski definition) is 4. The maximum Gasteiger partial charge on any atom is 0.264 e. The lowest BCUT2D eigenvalue weighted by Crippen LogP contribution is -2.52. The van der Waals surface area contributed by atoms with Gasteiger partial charge < -0.3 is 10.2 Å². The number of nitrogens with one attached hydrogen (secondary N) is 1. The van der Waals surface area contributed by atoms with Crippen molar-refractivity contribution in [3.05, 3.63) is 93.4 Å². The fourth-order valence-corrected chi connectivity index (χ4v) is 5.70. The third-order valence-corrected chi connectivity index (χ3v) is 8.97. The van der Waals surface area contributed by atoms with Crippen molar-refractivity contribution in [2.75, 3.05) is 10.8 Å². The number of halogens is 3. The molecule has 0 fully saturated rings. The summed E-state index contributed by atoms with van der Waals surface area (Å²) in [6.45, 7) is 4.86. The first-order valence-electron chi connectivity index (χ1n) is 12.3. The number of anilines is 1. The van der Waals surface area contributed by atoms with Crippen molar-refractivity contribution < 1.29 is 18.0 Å². The zero-order valence-electron chi connectivity index (χ0n) is 21.8. The highest BCUT2D eigenvalue weighted by atomic mass is 35.5. The number of carbonyl (C=O) groups is 2. The largest absolute Gasteiger partial charge is 0.352 e. The molecule has 39 heavy (non-hydrogen) atoms. The van der Waals surface area contributed by atoms with Gasteiger partial charge in [0.2, 0.25) is 11.8 Å². The lowest BCUT2D eigenvalue weighted by atomic mass is 10.1. The van der Waals surface area contributed by atoms with Crippen LogP contribution >= 0.6 is 34.8 Å². The first-order chi connectivity index (χ1) is 18.4. The normalized spacial score (nSPS) is 12.9. The van der Waals surface area contributed by atoms with Crippen LogP contribution in [0.1, 0.15) is 32.8 Å². The molecule has 2 amide bonds. The molecular formula is C28H30Cl3N3O4S. The van der Waals surface area contributed by atoms with Crippen molar-refractivity contribution in [2.45, 2.75) is 50.7 Å². The highest BCUT2D eigenvalue weighted by molar-refractivity contribution is 7.92. The Bertz CT molecular complexity index is 1420. The van der Waals surface area contributed by atoms with E-state index in [1.165, 1.54) is 35.2 Å². The van der Waals surface area contributed by atoms with Gasteiger partial charge in [-0.25, -0.2) is 8.42 Å². The summed E-state index contributed by atoms with van der Waals surface area (Å²) < 4.78 is 28.5. The third kappa shape index (κ3) is 7.88. The molecule has 1 N–H and O–H groups in total. The van der Waals surface area contributed by atoms with Crippen molar-refractivity contribution in [2.24, 2.45) is 0 Å². The van der Waals surface area contributed by atoms with Gasteiger partial charge in [-0.1, -0.05) is 72.1 Å². The Labute approximate surface area is 244 Å². The molecule has 0 radical (unpaired) electrons. The molecule has 0 saturated carbocycles. The van der Waals surface area contributed by atoms with E-state index in [4.69, 9.17) is 34.8 Å². The van der Waals surface area contributed by atoms with Crippen LogP contribution in [0.15, 0.2) is 77.7 Å². The Hall–Kier alpha value is -2.78. The molecule has 7 nitrogen and oxygen atoms in total. The average molecular weight is 611 g/mol. The second-order valence-corrected chi connectivity index (χ2v) is 12.2. The van der Waals surface area contributed by atoms with Crippen molar-refractivity contribution in [1.29, 1.82) is 0 Å². The van der Waals surface area contributed by atoms with E-state index in [1.807, 2.05) is 13.8 Å². The van der Waals surface area contributed by atoms with E-state index >= 15 is 0 Å². The molecule has 3 aromatic rings. The number of benzene rings is 3. The Morgan fingerprint density at radius 3 is 2.21 bits per heavy atom. The van der Waals surface area contributed by atoms with Gasteiger partial charge in [-0.15, -0.1) is 0 Å². The number of nitrogens with zero attached hydrogens (tertiary/aromatic N) is 2. The van der Waals surface area contributed by atoms with Gasteiger partial charge in [-0.3, -0.25) is 13.9 Å². The van der Waals surface area contributed by atoms with Gasteiger partial charge in [-0.2, -0.15) is 0 Å². The Morgan fingerprint density at radius 1 is 0.897 bits per heavy atom. The maximum absolute atomic E-state index is 13.9. The number of amides is 2. The zero-order chi connectivity index (χ0) is 28.7. The summed E-state index contributed by atoms with van der Waals surface area (Å²) in [7, 11) is -4.20. The predicted molar refractivity (Wildman–Crippen MR) is 157 cm³/mol. The molecule has 0 unspecified atom stereocenters. The number of rotatable bonds is 11. The monoisotopic (exact) mass is 609 g/mol. The average Bonchev–Trinajstić information content (AvgIpc) is 2.91. The first kappa shape index (κ1) is 30.8. The molecule has 0 aliphatic carbocycles. The van der Waals surface area contributed by atoms with Crippen LogP contribution in [0.2, 0.25) is 15.1 Å². The van der Waals surface area contributed by atoms with Gasteiger partial charge in [0.1, 0.15) is 12.6 Å². The molecule has 3 aromatic carbocycles. The highest BCUT2D eigenvalue weighted by Crippen LogP contribution is 2.31. The van der Waals surface area contributed by atoms with E-state index in [-0.39, 0.29) is 39.1 Å². The SMILES string of the molecule is CC[C@H](C)NC(=O)[C@H](C)N(Cc1cccc(Cl)c1)C(=O)CN(c1ccc(Cl)c(Cl)c1)S(=O)(=O)c1ccccc1. The van der Waals surface area contributed by atoms with Gasteiger partial charge in [0, 0.05) is 17.6 Å². The molecule has 0 aliphatic heterocycles. The van der Waals surface area contributed by atoms with Crippen LogP contribution < -0.4 is 9.62 Å². The van der Waals surface area contributed by atoms with Gasteiger partial charge in [0.05, 0.1) is 20.6 Å². The summed E-state index contributed by atoms with van der Waals surface area (Å²) in [5, 5.41) is 3.74. The van der Waals surface area contributed by atoms with Gasteiger partial charge in [0.15, 0.2) is 0 Å². The summed E-state index contributed by atoms with van der Waals surface area (Å²) in [6.07, 6.45) is 0.709. The van der Waals surface area contributed by atoms with Crippen LogP contribution in [0.25, 0.3) is 0 Å². The minimum atomic E-state index is -4.20. The molecule has 0 saturated heterocycles. The topological polar surface area (TPSA) is 86.8 Å². The molecule has 0 aliphatic rings. The van der Waals surface area contributed by atoms with Crippen LogP contribution in [0, 0.1) is 0 Å². The zero-order valence-corrected chi connectivity index (χ0v) is 24.9. The van der Waals surface area contributed by atoms with Crippen LogP contribution in [0.4, 0.5) is 5.69 Å². The van der Waals surface area contributed by atoms with E-state index in [0.29, 0.717) is 17.0 Å².